The number of hydrogen-bond donors (Lipinski definition) is 1. The number of carbonyl (C=O) groups is 1. The molecule has 0 spiro atoms. The number of halogens is 3. The number of amides is 1. The lowest BCUT2D eigenvalue weighted by Crippen LogP contribution is -2.36. The average molecular weight is 437 g/mol. The van der Waals surface area contributed by atoms with Gasteiger partial charge in [0, 0.05) is 6.42 Å². The number of carbonyl (C=O) groups excluding carboxylic acids is 1. The fraction of sp³-hybridized carbons (Fsp3) is 0.471. The lowest BCUT2D eigenvalue weighted by Gasteiger charge is -2.22. The summed E-state index contributed by atoms with van der Waals surface area (Å²) in [6.07, 6.45) is -0.261. The number of benzene rings is 1. The van der Waals surface area contributed by atoms with Gasteiger partial charge in [-0.1, -0.05) is 52.1 Å². The summed E-state index contributed by atoms with van der Waals surface area (Å²) in [5.74, 6) is 0.694. The van der Waals surface area contributed by atoms with Crippen molar-refractivity contribution in [2.45, 2.75) is 42.6 Å². The molecule has 1 N–H and O–H groups in total. The van der Waals surface area contributed by atoms with Crippen molar-refractivity contribution in [2.75, 3.05) is 7.11 Å². The number of rotatable bonds is 5. The Morgan fingerprint density at radius 2 is 1.85 bits per heavy atom. The Morgan fingerprint density at radius 3 is 2.33 bits per heavy atom. The molecule has 0 radical (unpaired) electrons. The number of ether oxygens (including phenoxy) is 2. The van der Waals surface area contributed by atoms with Crippen LogP contribution in [0.4, 0.5) is 4.79 Å². The number of nitrogens with zero attached hydrogens (tertiary/aromatic N) is 2. The van der Waals surface area contributed by atoms with Crippen molar-refractivity contribution in [3.8, 4) is 5.75 Å². The van der Waals surface area contributed by atoms with Crippen LogP contribution in [0.5, 0.6) is 5.75 Å². The minimum absolute atomic E-state index is 0.165. The Morgan fingerprint density at radius 1 is 1.22 bits per heavy atom. The van der Waals surface area contributed by atoms with Crippen LogP contribution in [0.15, 0.2) is 28.8 Å². The highest BCUT2D eigenvalue weighted by Gasteiger charge is 2.33. The standard InChI is InChI=1S/C17H20Cl3N3O4/c1-16(2,3)26-15(24)21-12(9-10-5-7-11(25-4)8-6-10)13-22-14(27-23-13)17(18,19)20/h5-8,12H,9H2,1-4H3,(H,21,24)/t12-/m0/s1. The van der Waals surface area contributed by atoms with Gasteiger partial charge in [-0.3, -0.25) is 0 Å². The quantitative estimate of drug-likeness (QED) is 0.683. The molecule has 0 fully saturated rings. The molecule has 2 aromatic rings. The van der Waals surface area contributed by atoms with Gasteiger partial charge >= 0.3 is 6.09 Å². The third kappa shape index (κ3) is 6.75. The summed E-state index contributed by atoms with van der Waals surface area (Å²) in [7, 11) is 1.58. The van der Waals surface area contributed by atoms with Crippen LogP contribution in [0, 0.1) is 0 Å². The maximum Gasteiger partial charge on any atom is 0.408 e. The molecule has 0 bridgehead atoms. The molecule has 0 aliphatic rings. The maximum absolute atomic E-state index is 12.2. The first-order chi connectivity index (χ1) is 12.5. The van der Waals surface area contributed by atoms with Crippen molar-refractivity contribution in [3.05, 3.63) is 41.5 Å². The van der Waals surface area contributed by atoms with Crippen molar-refractivity contribution >= 4 is 40.9 Å². The van der Waals surface area contributed by atoms with E-state index in [1.165, 1.54) is 0 Å². The van der Waals surface area contributed by atoms with Gasteiger partial charge in [-0.05, 0) is 38.5 Å². The van der Waals surface area contributed by atoms with Gasteiger partial charge in [-0.15, -0.1) is 0 Å². The third-order valence-corrected chi connectivity index (χ3v) is 3.77. The minimum atomic E-state index is -1.86. The highest BCUT2D eigenvalue weighted by atomic mass is 35.6. The first kappa shape index (κ1) is 21.6. The van der Waals surface area contributed by atoms with E-state index in [4.69, 9.17) is 48.8 Å². The van der Waals surface area contributed by atoms with E-state index in [0.29, 0.717) is 12.2 Å². The fourth-order valence-corrected chi connectivity index (χ4v) is 2.38. The lowest BCUT2D eigenvalue weighted by atomic mass is 10.1. The molecule has 1 atom stereocenters. The SMILES string of the molecule is COc1ccc(C[C@H](NC(=O)OC(C)(C)C)c2noc(C(Cl)(Cl)Cl)n2)cc1. The summed E-state index contributed by atoms with van der Waals surface area (Å²) >= 11 is 17.3. The largest absolute Gasteiger partial charge is 0.497 e. The molecule has 0 saturated carbocycles. The zero-order valence-corrected chi connectivity index (χ0v) is 17.5. The summed E-state index contributed by atoms with van der Waals surface area (Å²) < 4.78 is 13.6. The third-order valence-electron chi connectivity index (χ3n) is 3.29. The van der Waals surface area contributed by atoms with E-state index in [1.807, 2.05) is 24.3 Å². The number of methoxy groups -OCH3 is 1. The second-order valence-electron chi connectivity index (χ2n) is 6.71. The van der Waals surface area contributed by atoms with E-state index in [9.17, 15) is 4.79 Å². The molecule has 0 aliphatic heterocycles. The smallest absolute Gasteiger partial charge is 0.408 e. The second-order valence-corrected chi connectivity index (χ2v) is 8.99. The molecule has 0 unspecified atom stereocenters. The monoisotopic (exact) mass is 435 g/mol. The molecule has 27 heavy (non-hydrogen) atoms. The van der Waals surface area contributed by atoms with Gasteiger partial charge in [0.1, 0.15) is 11.4 Å². The average Bonchev–Trinajstić information content (AvgIpc) is 3.03. The summed E-state index contributed by atoms with van der Waals surface area (Å²) in [6.45, 7) is 5.29. The van der Waals surface area contributed by atoms with Crippen LogP contribution in [0.3, 0.4) is 0 Å². The van der Waals surface area contributed by atoms with E-state index in [2.05, 4.69) is 15.5 Å². The Kier molecular flexibility index (Phi) is 6.83. The van der Waals surface area contributed by atoms with Gasteiger partial charge in [0.05, 0.1) is 13.2 Å². The van der Waals surface area contributed by atoms with Gasteiger partial charge in [-0.2, -0.15) is 4.98 Å². The molecular weight excluding hydrogens is 417 g/mol. The van der Waals surface area contributed by atoms with Crippen molar-refractivity contribution in [2.24, 2.45) is 0 Å². The lowest BCUT2D eigenvalue weighted by molar-refractivity contribution is 0.0500. The number of nitrogens with one attached hydrogen (secondary N) is 1. The summed E-state index contributed by atoms with van der Waals surface area (Å²) in [5, 5.41) is 6.55. The molecule has 1 heterocycles. The van der Waals surface area contributed by atoms with E-state index >= 15 is 0 Å². The second kappa shape index (κ2) is 8.54. The summed E-state index contributed by atoms with van der Waals surface area (Å²) in [5.41, 5.74) is 0.242. The Labute approximate surface area is 172 Å². The zero-order chi connectivity index (χ0) is 20.2. The highest BCUT2D eigenvalue weighted by molar-refractivity contribution is 6.66. The Balaban J connectivity index is 2.24. The predicted molar refractivity (Wildman–Crippen MR) is 102 cm³/mol. The highest BCUT2D eigenvalue weighted by Crippen LogP contribution is 2.37. The topological polar surface area (TPSA) is 86.5 Å². The predicted octanol–water partition coefficient (Wildman–Crippen LogP) is 4.71. The van der Waals surface area contributed by atoms with Crippen LogP contribution in [-0.2, 0) is 15.0 Å². The van der Waals surface area contributed by atoms with Gasteiger partial charge in [0.2, 0.25) is 0 Å². The number of hydrogen-bond acceptors (Lipinski definition) is 6. The normalized spacial score (nSPS) is 13.1. The maximum atomic E-state index is 12.2. The van der Waals surface area contributed by atoms with Gasteiger partial charge in [-0.25, -0.2) is 4.79 Å². The molecule has 2 rings (SSSR count). The molecule has 0 saturated heterocycles. The van der Waals surface area contributed by atoms with Crippen LogP contribution in [0.1, 0.15) is 44.1 Å². The minimum Gasteiger partial charge on any atom is -0.497 e. The molecule has 10 heteroatoms. The Hall–Kier alpha value is -1.70. The van der Waals surface area contributed by atoms with Gasteiger partial charge < -0.3 is 19.3 Å². The van der Waals surface area contributed by atoms with Crippen LogP contribution >= 0.6 is 34.8 Å². The van der Waals surface area contributed by atoms with E-state index in [-0.39, 0.29) is 11.7 Å². The van der Waals surface area contributed by atoms with Gasteiger partial charge in [0.25, 0.3) is 9.68 Å². The van der Waals surface area contributed by atoms with Crippen molar-refractivity contribution in [3.63, 3.8) is 0 Å². The Bertz CT molecular complexity index is 767. The van der Waals surface area contributed by atoms with Crippen LogP contribution in [0.2, 0.25) is 0 Å². The fourth-order valence-electron chi connectivity index (χ4n) is 2.15. The van der Waals surface area contributed by atoms with Crippen molar-refractivity contribution in [1.29, 1.82) is 0 Å². The van der Waals surface area contributed by atoms with E-state index in [0.717, 1.165) is 5.56 Å². The number of alkyl carbamates (subject to hydrolysis) is 1. The van der Waals surface area contributed by atoms with E-state index in [1.54, 1.807) is 27.9 Å². The molecular formula is C17H20Cl3N3O4. The van der Waals surface area contributed by atoms with Crippen molar-refractivity contribution < 1.29 is 18.8 Å². The molecule has 7 nitrogen and oxygen atoms in total. The zero-order valence-electron chi connectivity index (χ0n) is 15.3. The molecule has 148 valence electrons. The first-order valence-electron chi connectivity index (χ1n) is 8.01. The summed E-state index contributed by atoms with van der Waals surface area (Å²) in [4.78, 5) is 16.3. The number of alkyl halides is 3. The summed E-state index contributed by atoms with van der Waals surface area (Å²) in [6, 6.07) is 6.68. The van der Waals surface area contributed by atoms with Crippen molar-refractivity contribution in [1.82, 2.24) is 15.5 Å². The molecule has 1 amide bonds. The van der Waals surface area contributed by atoms with Crippen LogP contribution in [-0.4, -0.2) is 28.9 Å². The van der Waals surface area contributed by atoms with Crippen LogP contribution < -0.4 is 10.1 Å². The molecule has 0 aliphatic carbocycles. The molecule has 1 aromatic heterocycles. The number of aromatic nitrogens is 2. The van der Waals surface area contributed by atoms with E-state index < -0.39 is 21.5 Å². The van der Waals surface area contributed by atoms with Crippen LogP contribution in [0.25, 0.3) is 0 Å². The molecule has 1 aromatic carbocycles. The van der Waals surface area contributed by atoms with Gasteiger partial charge in [0.15, 0.2) is 5.82 Å². The first-order valence-corrected chi connectivity index (χ1v) is 9.14.